The summed E-state index contributed by atoms with van der Waals surface area (Å²) in [5, 5.41) is 6.93. The Morgan fingerprint density at radius 1 is 1.22 bits per heavy atom. The highest BCUT2D eigenvalue weighted by atomic mass is 79.9. The SMILES string of the molecule is O=C(Nc1nn(Cc2ccccc2F)cc1Br)c1ccccn1. The molecule has 0 saturated carbocycles. The molecule has 23 heavy (non-hydrogen) atoms. The first-order chi connectivity index (χ1) is 11.1. The number of carbonyl (C=O) groups is 1. The zero-order chi connectivity index (χ0) is 16.2. The summed E-state index contributed by atoms with van der Waals surface area (Å²) in [7, 11) is 0. The average molecular weight is 375 g/mol. The normalized spacial score (nSPS) is 10.5. The monoisotopic (exact) mass is 374 g/mol. The summed E-state index contributed by atoms with van der Waals surface area (Å²) in [6, 6.07) is 11.6. The molecule has 0 saturated heterocycles. The first kappa shape index (κ1) is 15.4. The molecule has 7 heteroatoms. The van der Waals surface area contributed by atoms with E-state index in [4.69, 9.17) is 0 Å². The van der Waals surface area contributed by atoms with Gasteiger partial charge in [-0.3, -0.25) is 14.5 Å². The molecule has 3 rings (SSSR count). The molecule has 5 nitrogen and oxygen atoms in total. The molecule has 1 amide bonds. The van der Waals surface area contributed by atoms with Crippen LogP contribution in [0.3, 0.4) is 0 Å². The minimum Gasteiger partial charge on any atom is -0.303 e. The van der Waals surface area contributed by atoms with Crippen molar-refractivity contribution in [2.75, 3.05) is 5.32 Å². The fraction of sp³-hybridized carbons (Fsp3) is 0.0625. The molecule has 0 aliphatic rings. The Hall–Kier alpha value is -2.54. The molecular weight excluding hydrogens is 363 g/mol. The number of aromatic nitrogens is 3. The Morgan fingerprint density at radius 3 is 2.74 bits per heavy atom. The molecule has 0 aliphatic heterocycles. The van der Waals surface area contributed by atoms with Gasteiger partial charge in [0.15, 0.2) is 5.82 Å². The number of nitrogens with zero attached hydrogens (tertiary/aromatic N) is 3. The van der Waals surface area contributed by atoms with Crippen LogP contribution in [0.2, 0.25) is 0 Å². The second-order valence-electron chi connectivity index (χ2n) is 4.78. The van der Waals surface area contributed by atoms with E-state index in [9.17, 15) is 9.18 Å². The van der Waals surface area contributed by atoms with Crippen LogP contribution in [0, 0.1) is 5.82 Å². The van der Waals surface area contributed by atoms with Gasteiger partial charge in [0, 0.05) is 18.0 Å². The number of nitrogens with one attached hydrogen (secondary N) is 1. The van der Waals surface area contributed by atoms with Gasteiger partial charge in [-0.2, -0.15) is 5.10 Å². The van der Waals surface area contributed by atoms with Crippen LogP contribution in [0.15, 0.2) is 59.3 Å². The lowest BCUT2D eigenvalue weighted by Crippen LogP contribution is -2.14. The molecule has 0 aliphatic carbocycles. The third-order valence-electron chi connectivity index (χ3n) is 3.14. The van der Waals surface area contributed by atoms with Crippen molar-refractivity contribution >= 4 is 27.7 Å². The zero-order valence-corrected chi connectivity index (χ0v) is 13.5. The third kappa shape index (κ3) is 3.62. The van der Waals surface area contributed by atoms with Crippen LogP contribution < -0.4 is 5.32 Å². The van der Waals surface area contributed by atoms with E-state index >= 15 is 0 Å². The minimum absolute atomic E-state index is 0.269. The predicted molar refractivity (Wildman–Crippen MR) is 87.6 cm³/mol. The summed E-state index contributed by atoms with van der Waals surface area (Å²) in [6.45, 7) is 0.269. The van der Waals surface area contributed by atoms with Gasteiger partial charge in [0.1, 0.15) is 11.5 Å². The molecular formula is C16H12BrFN4O. The summed E-state index contributed by atoms with van der Waals surface area (Å²) in [5.74, 6) is -0.294. The lowest BCUT2D eigenvalue weighted by Gasteiger charge is -2.03. The van der Waals surface area contributed by atoms with E-state index < -0.39 is 0 Å². The molecule has 1 aromatic carbocycles. The Bertz CT molecular complexity index is 835. The number of carbonyl (C=O) groups excluding carboxylic acids is 1. The van der Waals surface area contributed by atoms with Gasteiger partial charge in [0.2, 0.25) is 0 Å². The number of pyridine rings is 1. The molecule has 0 unspecified atom stereocenters. The Balaban J connectivity index is 1.76. The molecule has 1 N–H and O–H groups in total. The van der Waals surface area contributed by atoms with Crippen molar-refractivity contribution < 1.29 is 9.18 Å². The summed E-state index contributed by atoms with van der Waals surface area (Å²) >= 11 is 3.34. The molecule has 0 radical (unpaired) electrons. The predicted octanol–water partition coefficient (Wildman–Crippen LogP) is 3.48. The fourth-order valence-corrected chi connectivity index (χ4v) is 2.45. The van der Waals surface area contributed by atoms with Gasteiger partial charge in [-0.25, -0.2) is 4.39 Å². The van der Waals surface area contributed by atoms with Gasteiger partial charge in [0.05, 0.1) is 11.0 Å². The van der Waals surface area contributed by atoms with Crippen LogP contribution in [-0.2, 0) is 6.54 Å². The summed E-state index contributed by atoms with van der Waals surface area (Å²) in [4.78, 5) is 16.1. The zero-order valence-electron chi connectivity index (χ0n) is 11.9. The number of halogens is 2. The van der Waals surface area contributed by atoms with Crippen molar-refractivity contribution in [1.29, 1.82) is 0 Å². The molecule has 0 bridgehead atoms. The second kappa shape index (κ2) is 6.70. The Morgan fingerprint density at radius 2 is 2.00 bits per heavy atom. The molecule has 116 valence electrons. The van der Waals surface area contributed by atoms with Gasteiger partial charge in [0.25, 0.3) is 5.91 Å². The van der Waals surface area contributed by atoms with Crippen LogP contribution in [0.1, 0.15) is 16.1 Å². The molecule has 2 aromatic heterocycles. The van der Waals surface area contributed by atoms with Crippen molar-refractivity contribution in [2.45, 2.75) is 6.54 Å². The van der Waals surface area contributed by atoms with E-state index in [1.807, 2.05) is 0 Å². The first-order valence-corrected chi connectivity index (χ1v) is 7.61. The average Bonchev–Trinajstić information content (AvgIpc) is 2.90. The van der Waals surface area contributed by atoms with Crippen molar-refractivity contribution in [3.05, 3.63) is 76.4 Å². The maximum Gasteiger partial charge on any atom is 0.275 e. The lowest BCUT2D eigenvalue weighted by atomic mass is 10.2. The first-order valence-electron chi connectivity index (χ1n) is 6.82. The maximum atomic E-state index is 13.7. The van der Waals surface area contributed by atoms with Crippen molar-refractivity contribution in [1.82, 2.24) is 14.8 Å². The van der Waals surface area contributed by atoms with Crippen LogP contribution in [-0.4, -0.2) is 20.7 Å². The van der Waals surface area contributed by atoms with Gasteiger partial charge in [-0.1, -0.05) is 24.3 Å². The van der Waals surface area contributed by atoms with Crippen LogP contribution in [0.25, 0.3) is 0 Å². The van der Waals surface area contributed by atoms with E-state index in [0.717, 1.165) is 0 Å². The second-order valence-corrected chi connectivity index (χ2v) is 5.64. The number of amides is 1. The smallest absolute Gasteiger partial charge is 0.275 e. The van der Waals surface area contributed by atoms with Crippen LogP contribution in [0.5, 0.6) is 0 Å². The van der Waals surface area contributed by atoms with Gasteiger partial charge in [-0.15, -0.1) is 0 Å². The Kier molecular flexibility index (Phi) is 4.47. The standard InChI is InChI=1S/C16H12BrFN4O/c17-12-10-22(9-11-5-1-2-6-13(11)18)21-15(12)20-16(23)14-7-3-4-8-19-14/h1-8,10H,9H2,(H,20,21,23). The van der Waals surface area contributed by atoms with Crippen LogP contribution in [0.4, 0.5) is 10.2 Å². The van der Waals surface area contributed by atoms with Gasteiger partial charge in [-0.05, 0) is 34.1 Å². The molecule has 0 atom stereocenters. The Labute approximate surface area is 140 Å². The van der Waals surface area contributed by atoms with Crippen molar-refractivity contribution in [2.24, 2.45) is 0 Å². The van der Waals surface area contributed by atoms with E-state index in [-0.39, 0.29) is 18.3 Å². The van der Waals surface area contributed by atoms with Crippen molar-refractivity contribution in [3.63, 3.8) is 0 Å². The number of anilines is 1. The number of hydrogen-bond donors (Lipinski definition) is 1. The number of rotatable bonds is 4. The molecule has 3 aromatic rings. The quantitative estimate of drug-likeness (QED) is 0.760. The number of benzene rings is 1. The largest absolute Gasteiger partial charge is 0.303 e. The fourth-order valence-electron chi connectivity index (χ4n) is 2.03. The van der Waals surface area contributed by atoms with Crippen molar-refractivity contribution in [3.8, 4) is 0 Å². The minimum atomic E-state index is -0.359. The van der Waals surface area contributed by atoms with E-state index in [1.165, 1.54) is 6.07 Å². The van der Waals surface area contributed by atoms with E-state index in [1.54, 1.807) is 53.5 Å². The van der Waals surface area contributed by atoms with Gasteiger partial charge < -0.3 is 5.32 Å². The molecule has 0 fully saturated rings. The summed E-state index contributed by atoms with van der Waals surface area (Å²) in [5.41, 5.74) is 0.813. The highest BCUT2D eigenvalue weighted by Crippen LogP contribution is 2.21. The summed E-state index contributed by atoms with van der Waals surface area (Å²) in [6.07, 6.45) is 3.22. The van der Waals surface area contributed by atoms with Crippen LogP contribution >= 0.6 is 15.9 Å². The van der Waals surface area contributed by atoms with E-state index in [2.05, 4.69) is 31.3 Å². The van der Waals surface area contributed by atoms with E-state index in [0.29, 0.717) is 21.5 Å². The topological polar surface area (TPSA) is 59.8 Å². The van der Waals surface area contributed by atoms with Gasteiger partial charge >= 0.3 is 0 Å². The maximum absolute atomic E-state index is 13.7. The lowest BCUT2D eigenvalue weighted by molar-refractivity contribution is 0.102. The molecule has 0 spiro atoms. The number of hydrogen-bond acceptors (Lipinski definition) is 3. The summed E-state index contributed by atoms with van der Waals surface area (Å²) < 4.78 is 15.8. The highest BCUT2D eigenvalue weighted by molar-refractivity contribution is 9.10. The highest BCUT2D eigenvalue weighted by Gasteiger charge is 2.13. The third-order valence-corrected chi connectivity index (χ3v) is 3.72. The molecule has 2 heterocycles.